The van der Waals surface area contributed by atoms with Crippen LogP contribution >= 0.6 is 0 Å². The summed E-state index contributed by atoms with van der Waals surface area (Å²) in [6, 6.07) is 0. The molecule has 0 saturated carbocycles. The molecule has 1 saturated heterocycles. The van der Waals surface area contributed by atoms with Gasteiger partial charge in [0.05, 0.1) is 0 Å². The Kier molecular flexibility index (Phi) is 3.34. The average Bonchev–Trinajstić information content (AvgIpc) is 1.88. The van der Waals surface area contributed by atoms with Gasteiger partial charge in [-0.05, 0) is 0 Å². The predicted molar refractivity (Wildman–Crippen MR) is 48.2 cm³/mol. The molecule has 1 aliphatic heterocycles. The van der Waals surface area contributed by atoms with Crippen molar-refractivity contribution in [3.63, 3.8) is 0 Å². The number of hydrogen-bond donors (Lipinski definition) is 0. The van der Waals surface area contributed by atoms with Gasteiger partial charge in [0.1, 0.15) is 0 Å². The zero-order chi connectivity index (χ0) is 7.61. The van der Waals surface area contributed by atoms with E-state index in [1.807, 2.05) is 0 Å². The van der Waals surface area contributed by atoms with Crippen molar-refractivity contribution in [2.75, 3.05) is 6.61 Å². The SMILES string of the molecule is C[Si](C)([PoH])C1CCCCO1. The summed E-state index contributed by atoms with van der Waals surface area (Å²) in [6.45, 7) is 5.91. The summed E-state index contributed by atoms with van der Waals surface area (Å²) in [5.41, 5.74) is 0.689. The summed E-state index contributed by atoms with van der Waals surface area (Å²) in [6.07, 6.45) is 4.04. The first-order chi connectivity index (χ1) is 4.61. The molecule has 0 aromatic carbocycles. The van der Waals surface area contributed by atoms with E-state index >= 15 is 0 Å². The Balaban J connectivity index is 2.39. The quantitative estimate of drug-likeness (QED) is 0.644. The van der Waals surface area contributed by atoms with Crippen molar-refractivity contribution in [2.45, 2.75) is 38.1 Å². The molecule has 1 unspecified atom stereocenters. The monoisotopic (exact) mass is 353 g/mol. The molecule has 0 amide bonds. The maximum absolute atomic E-state index is 5.73. The minimum absolute atomic E-state index is 0.689. The van der Waals surface area contributed by atoms with Crippen LogP contribution in [0.2, 0.25) is 13.1 Å². The Labute approximate surface area is 78.6 Å². The van der Waals surface area contributed by atoms with Crippen LogP contribution in [0.4, 0.5) is 0 Å². The molecule has 0 N–H and O–H groups in total. The van der Waals surface area contributed by atoms with Gasteiger partial charge >= 0.3 is 78.8 Å². The van der Waals surface area contributed by atoms with Crippen molar-refractivity contribution in [2.24, 2.45) is 0 Å². The molecule has 1 nitrogen and oxygen atoms in total. The van der Waals surface area contributed by atoms with E-state index in [1.165, 1.54) is 19.3 Å². The third-order valence-electron chi connectivity index (χ3n) is 1.97. The van der Waals surface area contributed by atoms with Crippen molar-refractivity contribution >= 4 is 29.4 Å². The molecule has 1 fully saturated rings. The van der Waals surface area contributed by atoms with Crippen molar-refractivity contribution in [3.05, 3.63) is 0 Å². The fraction of sp³-hybridized carbons (Fsp3) is 1.00. The zero-order valence-corrected chi connectivity index (χ0v) is 11.2. The van der Waals surface area contributed by atoms with E-state index in [-0.39, 0.29) is 0 Å². The van der Waals surface area contributed by atoms with Gasteiger partial charge in [0.15, 0.2) is 0 Å². The molecule has 0 aromatic heterocycles. The van der Waals surface area contributed by atoms with Gasteiger partial charge < -0.3 is 0 Å². The summed E-state index contributed by atoms with van der Waals surface area (Å²) in [5.74, 6) is 0. The summed E-state index contributed by atoms with van der Waals surface area (Å²) in [4.78, 5) is 0. The van der Waals surface area contributed by atoms with Gasteiger partial charge in [0.2, 0.25) is 0 Å². The Morgan fingerprint density at radius 1 is 1.40 bits per heavy atom. The standard InChI is InChI=1S/C7H15OSi.Po.H/c1-9(2)7-5-3-4-6-8-7;;/h7H,3-6H2,1-2H3;;. The van der Waals surface area contributed by atoms with E-state index in [0.717, 1.165) is 6.61 Å². The topological polar surface area (TPSA) is 9.23 Å². The molecule has 0 radical (unpaired) electrons. The third kappa shape index (κ3) is 2.60. The second-order valence-corrected chi connectivity index (χ2v) is 20.9. The van der Waals surface area contributed by atoms with Gasteiger partial charge in [-0.3, -0.25) is 0 Å². The molecule has 1 heterocycles. The molecule has 10 heavy (non-hydrogen) atoms. The van der Waals surface area contributed by atoms with E-state index in [1.54, 1.807) is 24.2 Å². The Bertz CT molecular complexity index is 105. The normalized spacial score (nSPS) is 28.5. The molecule has 0 aliphatic carbocycles. The number of ether oxygens (including phenoxy) is 1. The van der Waals surface area contributed by atoms with Crippen LogP contribution in [0.5, 0.6) is 0 Å². The second kappa shape index (κ2) is 3.65. The van der Waals surface area contributed by atoms with Crippen LogP contribution in [0.3, 0.4) is 0 Å². The molecule has 1 rings (SSSR count). The van der Waals surface area contributed by atoms with E-state index in [0.29, 0.717) is 5.73 Å². The first-order valence-electron chi connectivity index (χ1n) is 3.94. The van der Waals surface area contributed by atoms with Gasteiger partial charge in [0.25, 0.3) is 0 Å². The Morgan fingerprint density at radius 3 is 2.40 bits per heavy atom. The van der Waals surface area contributed by atoms with Gasteiger partial charge in [-0.25, -0.2) is 0 Å². The number of rotatable bonds is 1. The van der Waals surface area contributed by atoms with E-state index < -0.39 is 5.14 Å². The van der Waals surface area contributed by atoms with Crippen molar-refractivity contribution < 1.29 is 4.74 Å². The van der Waals surface area contributed by atoms with Crippen LogP contribution in [0.15, 0.2) is 0 Å². The van der Waals surface area contributed by atoms with E-state index in [9.17, 15) is 0 Å². The Hall–Kier alpha value is 1.07. The molecular weight excluding hydrogens is 337 g/mol. The molecule has 1 atom stereocenters. The zero-order valence-electron chi connectivity index (χ0n) is 6.76. The van der Waals surface area contributed by atoms with Crippen LogP contribution in [0.25, 0.3) is 0 Å². The second-order valence-electron chi connectivity index (χ2n) is 3.51. The summed E-state index contributed by atoms with van der Waals surface area (Å²) < 4.78 is 5.73. The van der Waals surface area contributed by atoms with Crippen LogP contribution in [-0.2, 0) is 4.74 Å². The molecule has 0 aromatic rings. The third-order valence-corrected chi connectivity index (χ3v) is 7.36. The van der Waals surface area contributed by atoms with Gasteiger partial charge in [-0.1, -0.05) is 0 Å². The van der Waals surface area contributed by atoms with E-state index in [2.05, 4.69) is 13.1 Å². The summed E-state index contributed by atoms with van der Waals surface area (Å²) in [5, 5.41) is -0.867. The van der Waals surface area contributed by atoms with E-state index in [4.69, 9.17) is 4.74 Å². The summed E-state index contributed by atoms with van der Waals surface area (Å²) in [7, 11) is 0. The molecule has 3 heteroatoms. The summed E-state index contributed by atoms with van der Waals surface area (Å²) >= 11 is 1.58. The van der Waals surface area contributed by atoms with Crippen LogP contribution < -0.4 is 0 Å². The van der Waals surface area contributed by atoms with Gasteiger partial charge in [-0.2, -0.15) is 0 Å². The first kappa shape index (κ1) is 9.16. The Morgan fingerprint density at radius 2 is 2.10 bits per heavy atom. The fourth-order valence-electron chi connectivity index (χ4n) is 1.30. The molecule has 0 bridgehead atoms. The molecular formula is C7H16OPoSi. The van der Waals surface area contributed by atoms with Gasteiger partial charge in [-0.15, -0.1) is 0 Å². The number of hydrogen-bond acceptors (Lipinski definition) is 1. The fourth-order valence-corrected chi connectivity index (χ4v) is 5.11. The molecule has 60 valence electrons. The van der Waals surface area contributed by atoms with Gasteiger partial charge in [0, 0.05) is 0 Å². The maximum atomic E-state index is 5.73. The van der Waals surface area contributed by atoms with Crippen molar-refractivity contribution in [1.82, 2.24) is 0 Å². The molecule has 0 spiro atoms. The van der Waals surface area contributed by atoms with Crippen LogP contribution in [0.1, 0.15) is 19.3 Å². The van der Waals surface area contributed by atoms with Crippen molar-refractivity contribution in [3.8, 4) is 0 Å². The first-order valence-corrected chi connectivity index (χ1v) is 12.2. The van der Waals surface area contributed by atoms with Crippen LogP contribution in [-0.4, -0.2) is 41.7 Å². The van der Waals surface area contributed by atoms with Crippen LogP contribution in [0, 0.1) is 0 Å². The molecule has 1 aliphatic rings. The minimum atomic E-state index is -0.867. The average molecular weight is 353 g/mol. The predicted octanol–water partition coefficient (Wildman–Crippen LogP) is 1.20. The van der Waals surface area contributed by atoms with Crippen molar-refractivity contribution in [1.29, 1.82) is 0 Å².